The van der Waals surface area contributed by atoms with Gasteiger partial charge in [0.15, 0.2) is 5.78 Å². The minimum atomic E-state index is -0.812. The van der Waals surface area contributed by atoms with E-state index in [0.717, 1.165) is 0 Å². The molecule has 2 aliphatic heterocycles. The predicted molar refractivity (Wildman–Crippen MR) is 39.4 cm³/mol. The van der Waals surface area contributed by atoms with Crippen molar-refractivity contribution in [3.63, 3.8) is 0 Å². The maximum absolute atomic E-state index is 10.8. The molecule has 2 saturated heterocycles. The molecule has 2 heterocycles. The number of fused-ring (bicyclic) bond motifs is 1. The molecular formula is C6H7NO3S. The zero-order valence-corrected chi connectivity index (χ0v) is 6.50. The van der Waals surface area contributed by atoms with E-state index in [2.05, 4.69) is 0 Å². The van der Waals surface area contributed by atoms with Gasteiger partial charge < -0.3 is 5.11 Å². The van der Waals surface area contributed by atoms with Gasteiger partial charge in [0.1, 0.15) is 11.4 Å². The first-order chi connectivity index (χ1) is 5.20. The van der Waals surface area contributed by atoms with Crippen LogP contribution in [0.3, 0.4) is 0 Å². The third-order valence-corrected chi connectivity index (χ3v) is 3.37. The van der Waals surface area contributed by atoms with Crippen molar-refractivity contribution in [3.8, 4) is 0 Å². The van der Waals surface area contributed by atoms with Gasteiger partial charge in [-0.15, -0.1) is 11.8 Å². The van der Waals surface area contributed by atoms with Gasteiger partial charge in [0.05, 0.1) is 6.54 Å². The Hall–Kier alpha value is -0.550. The predicted octanol–water partition coefficient (Wildman–Crippen LogP) is -0.603. The van der Waals surface area contributed by atoms with Gasteiger partial charge in [-0.2, -0.15) is 0 Å². The zero-order chi connectivity index (χ0) is 8.01. The van der Waals surface area contributed by atoms with Gasteiger partial charge in [-0.25, -0.2) is 0 Å². The molecule has 0 bridgehead atoms. The summed E-state index contributed by atoms with van der Waals surface area (Å²) in [6.07, 6.45) is 0. The van der Waals surface area contributed by atoms with Crippen molar-refractivity contribution in [3.05, 3.63) is 0 Å². The second-order valence-electron chi connectivity index (χ2n) is 2.68. The number of nitrogens with zero attached hydrogens (tertiary/aromatic N) is 1. The van der Waals surface area contributed by atoms with Crippen molar-refractivity contribution in [1.82, 2.24) is 4.90 Å². The van der Waals surface area contributed by atoms with Crippen LogP contribution in [0.25, 0.3) is 0 Å². The lowest BCUT2D eigenvalue weighted by atomic mass is 10.1. The van der Waals surface area contributed by atoms with E-state index in [1.165, 1.54) is 11.8 Å². The average molecular weight is 173 g/mol. The van der Waals surface area contributed by atoms with Crippen LogP contribution in [0.4, 0.5) is 0 Å². The number of hydrogen-bond donors (Lipinski definition) is 1. The summed E-state index contributed by atoms with van der Waals surface area (Å²) >= 11 is 1.43. The third kappa shape index (κ3) is 0.877. The van der Waals surface area contributed by atoms with Crippen LogP contribution in [0.15, 0.2) is 0 Å². The molecule has 1 N–H and O–H groups in total. The van der Waals surface area contributed by atoms with Gasteiger partial charge in [-0.1, -0.05) is 0 Å². The molecule has 4 nitrogen and oxygen atoms in total. The van der Waals surface area contributed by atoms with Gasteiger partial charge in [0.2, 0.25) is 0 Å². The molecule has 2 aliphatic rings. The maximum atomic E-state index is 10.8. The Bertz CT molecular complexity index is 230. The Morgan fingerprint density at radius 1 is 1.73 bits per heavy atom. The average Bonchev–Trinajstić information content (AvgIpc) is 2.25. The van der Waals surface area contributed by atoms with E-state index in [4.69, 9.17) is 5.11 Å². The number of carboxylic acid groups (broad SMARTS) is 1. The SMILES string of the molecule is O=C(O)C1CSC2C(=O)CN12. The van der Waals surface area contributed by atoms with Gasteiger partial charge in [0, 0.05) is 5.75 Å². The summed E-state index contributed by atoms with van der Waals surface area (Å²) in [6, 6.07) is -0.428. The van der Waals surface area contributed by atoms with Crippen molar-refractivity contribution in [2.24, 2.45) is 0 Å². The molecule has 2 atom stereocenters. The summed E-state index contributed by atoms with van der Waals surface area (Å²) < 4.78 is 0. The van der Waals surface area contributed by atoms with Crippen LogP contribution in [0.1, 0.15) is 0 Å². The number of carbonyl (C=O) groups is 2. The summed E-state index contributed by atoms with van der Waals surface area (Å²) in [5.74, 6) is -0.0996. The molecule has 60 valence electrons. The van der Waals surface area contributed by atoms with Crippen molar-refractivity contribution < 1.29 is 14.7 Å². The number of Topliss-reactive ketones (excluding diaryl/α,β-unsaturated/α-hetero) is 1. The second-order valence-corrected chi connectivity index (χ2v) is 3.79. The largest absolute Gasteiger partial charge is 0.480 e. The number of ketones is 1. The fraction of sp³-hybridized carbons (Fsp3) is 0.667. The van der Waals surface area contributed by atoms with Crippen LogP contribution in [0, 0.1) is 0 Å². The lowest BCUT2D eigenvalue weighted by Gasteiger charge is -2.34. The Labute approximate surface area is 67.6 Å². The lowest BCUT2D eigenvalue weighted by Crippen LogP contribution is -2.57. The quantitative estimate of drug-likeness (QED) is 0.573. The molecule has 0 radical (unpaired) electrons. The van der Waals surface area contributed by atoms with Crippen LogP contribution >= 0.6 is 11.8 Å². The van der Waals surface area contributed by atoms with Crippen LogP contribution in [-0.2, 0) is 9.59 Å². The number of rotatable bonds is 1. The maximum Gasteiger partial charge on any atom is 0.321 e. The zero-order valence-electron chi connectivity index (χ0n) is 5.69. The first-order valence-corrected chi connectivity index (χ1v) is 4.38. The highest BCUT2D eigenvalue weighted by molar-refractivity contribution is 8.01. The smallest absolute Gasteiger partial charge is 0.321 e. The van der Waals surface area contributed by atoms with Gasteiger partial charge in [-0.3, -0.25) is 14.5 Å². The van der Waals surface area contributed by atoms with Crippen molar-refractivity contribution in [2.75, 3.05) is 12.3 Å². The summed E-state index contributed by atoms with van der Waals surface area (Å²) in [7, 11) is 0. The molecule has 2 rings (SSSR count). The number of carbonyl (C=O) groups excluding carboxylic acids is 1. The highest BCUT2D eigenvalue weighted by Crippen LogP contribution is 2.35. The van der Waals surface area contributed by atoms with Crippen molar-refractivity contribution in [1.29, 1.82) is 0 Å². The van der Waals surface area contributed by atoms with Crippen LogP contribution in [-0.4, -0.2) is 45.5 Å². The molecule has 0 aromatic heterocycles. The lowest BCUT2D eigenvalue weighted by molar-refractivity contribution is -0.147. The van der Waals surface area contributed by atoms with Gasteiger partial charge in [0.25, 0.3) is 0 Å². The number of carboxylic acids is 1. The van der Waals surface area contributed by atoms with E-state index in [1.807, 2.05) is 0 Å². The van der Waals surface area contributed by atoms with E-state index < -0.39 is 12.0 Å². The second kappa shape index (κ2) is 2.22. The molecule has 0 aromatic rings. The normalized spacial score (nSPS) is 36.5. The Morgan fingerprint density at radius 3 is 2.91 bits per heavy atom. The number of thioether (sulfide) groups is 1. The molecule has 0 saturated carbocycles. The van der Waals surface area contributed by atoms with Crippen molar-refractivity contribution in [2.45, 2.75) is 11.4 Å². The topological polar surface area (TPSA) is 57.6 Å². The van der Waals surface area contributed by atoms with Crippen LogP contribution in [0.2, 0.25) is 0 Å². The molecule has 0 amide bonds. The highest BCUT2D eigenvalue weighted by Gasteiger charge is 2.49. The summed E-state index contributed by atoms with van der Waals surface area (Å²) in [6.45, 7) is 0.328. The Balaban J connectivity index is 2.09. The highest BCUT2D eigenvalue weighted by atomic mass is 32.2. The van der Waals surface area contributed by atoms with E-state index in [-0.39, 0.29) is 11.2 Å². The number of aliphatic carboxylic acids is 1. The fourth-order valence-corrected chi connectivity index (χ4v) is 2.74. The Kier molecular flexibility index (Phi) is 1.43. The first-order valence-electron chi connectivity index (χ1n) is 3.33. The molecule has 2 unspecified atom stereocenters. The van der Waals surface area contributed by atoms with Crippen LogP contribution in [0.5, 0.6) is 0 Å². The molecular weight excluding hydrogens is 166 g/mol. The van der Waals surface area contributed by atoms with E-state index in [1.54, 1.807) is 4.90 Å². The summed E-state index contributed by atoms with van der Waals surface area (Å²) in [5.41, 5.74) is 0. The molecule has 0 spiro atoms. The first kappa shape index (κ1) is 7.12. The molecule has 0 aromatic carbocycles. The summed E-state index contributed by atoms with van der Waals surface area (Å²) in [5, 5.41) is 8.51. The standard InChI is InChI=1S/C6H7NO3S/c8-4-1-7-3(6(9)10)2-11-5(4)7/h3,5H,1-2H2,(H,9,10). The third-order valence-electron chi connectivity index (χ3n) is 2.01. The van der Waals surface area contributed by atoms with Crippen molar-refractivity contribution >= 4 is 23.5 Å². The fourth-order valence-electron chi connectivity index (χ4n) is 1.37. The minimum absolute atomic E-state index is 0.143. The molecule has 2 fully saturated rings. The van der Waals surface area contributed by atoms with E-state index in [0.29, 0.717) is 12.3 Å². The van der Waals surface area contributed by atoms with Crippen LogP contribution < -0.4 is 0 Å². The summed E-state index contributed by atoms with van der Waals surface area (Å²) in [4.78, 5) is 23.1. The number of hydrogen-bond acceptors (Lipinski definition) is 4. The minimum Gasteiger partial charge on any atom is -0.480 e. The van der Waals surface area contributed by atoms with E-state index in [9.17, 15) is 9.59 Å². The van der Waals surface area contributed by atoms with Gasteiger partial charge in [-0.05, 0) is 0 Å². The Morgan fingerprint density at radius 2 is 2.45 bits per heavy atom. The van der Waals surface area contributed by atoms with Gasteiger partial charge >= 0.3 is 5.97 Å². The molecule has 0 aliphatic carbocycles. The monoisotopic (exact) mass is 173 g/mol. The van der Waals surface area contributed by atoms with E-state index >= 15 is 0 Å². The molecule has 11 heavy (non-hydrogen) atoms. The molecule has 5 heteroatoms.